The van der Waals surface area contributed by atoms with Crippen LogP contribution in [0.3, 0.4) is 0 Å². The third-order valence-electron chi connectivity index (χ3n) is 4.25. The number of ether oxygens (including phenoxy) is 3. The van der Waals surface area contributed by atoms with Gasteiger partial charge in [-0.05, 0) is 49.2 Å². The average Bonchev–Trinajstić information content (AvgIpc) is 3.42. The van der Waals surface area contributed by atoms with Gasteiger partial charge in [0.15, 0.2) is 5.76 Å². The first-order valence-electron chi connectivity index (χ1n) is 8.18. The van der Waals surface area contributed by atoms with Crippen LogP contribution in [0.25, 0.3) is 6.08 Å². The van der Waals surface area contributed by atoms with Gasteiger partial charge >= 0.3 is 5.97 Å². The van der Waals surface area contributed by atoms with Gasteiger partial charge in [-0.15, -0.1) is 0 Å². The maximum atomic E-state index is 12.6. The lowest BCUT2D eigenvalue weighted by atomic mass is 10.1. The van der Waals surface area contributed by atoms with Crippen LogP contribution in [0.5, 0.6) is 17.2 Å². The second-order valence-corrected chi connectivity index (χ2v) is 7.10. The van der Waals surface area contributed by atoms with Crippen LogP contribution in [0.2, 0.25) is 0 Å². The summed E-state index contributed by atoms with van der Waals surface area (Å²) in [4.78, 5) is 24.4. The molecule has 6 heteroatoms. The SMILES string of the molecule is COc1ccc(Br)cc1/C=C1/Oc2cc(OC(=O)C3CC3)ccc2C1=O. The average molecular weight is 415 g/mol. The minimum atomic E-state index is -0.232. The second kappa shape index (κ2) is 6.61. The van der Waals surface area contributed by atoms with Gasteiger partial charge in [0.05, 0.1) is 18.6 Å². The number of rotatable bonds is 4. The summed E-state index contributed by atoms with van der Waals surface area (Å²) in [6.07, 6.45) is 3.39. The molecule has 1 aliphatic carbocycles. The summed E-state index contributed by atoms with van der Waals surface area (Å²) in [5.74, 6) is 1.15. The Morgan fingerprint density at radius 3 is 2.77 bits per heavy atom. The summed E-state index contributed by atoms with van der Waals surface area (Å²) in [6, 6.07) is 10.3. The predicted molar refractivity (Wildman–Crippen MR) is 98.4 cm³/mol. The molecule has 4 rings (SSSR count). The molecule has 2 aromatic rings. The number of fused-ring (bicyclic) bond motifs is 1. The first-order chi connectivity index (χ1) is 12.5. The van der Waals surface area contributed by atoms with E-state index >= 15 is 0 Å². The Kier molecular flexibility index (Phi) is 4.28. The Hall–Kier alpha value is -2.60. The van der Waals surface area contributed by atoms with Crippen LogP contribution in [0.1, 0.15) is 28.8 Å². The molecule has 0 amide bonds. The summed E-state index contributed by atoms with van der Waals surface area (Å²) in [6.45, 7) is 0. The molecule has 1 fully saturated rings. The largest absolute Gasteiger partial charge is 0.496 e. The quantitative estimate of drug-likeness (QED) is 0.421. The van der Waals surface area contributed by atoms with Crippen molar-refractivity contribution >= 4 is 33.8 Å². The highest BCUT2D eigenvalue weighted by Gasteiger charge is 2.33. The number of hydrogen-bond donors (Lipinski definition) is 0. The minimum absolute atomic E-state index is 0.00486. The molecule has 0 radical (unpaired) electrons. The number of benzene rings is 2. The fraction of sp³-hybridized carbons (Fsp3) is 0.200. The van der Waals surface area contributed by atoms with Gasteiger partial charge in [0.2, 0.25) is 5.78 Å². The molecular weight excluding hydrogens is 400 g/mol. The molecule has 0 bridgehead atoms. The second-order valence-electron chi connectivity index (χ2n) is 6.18. The van der Waals surface area contributed by atoms with Gasteiger partial charge in [-0.25, -0.2) is 0 Å². The third-order valence-corrected chi connectivity index (χ3v) is 4.74. The van der Waals surface area contributed by atoms with Crippen molar-refractivity contribution in [1.29, 1.82) is 0 Å². The number of hydrogen-bond acceptors (Lipinski definition) is 5. The Bertz CT molecular complexity index is 943. The van der Waals surface area contributed by atoms with E-state index in [0.29, 0.717) is 22.8 Å². The van der Waals surface area contributed by atoms with Gasteiger partial charge in [-0.1, -0.05) is 15.9 Å². The van der Waals surface area contributed by atoms with E-state index in [2.05, 4.69) is 15.9 Å². The maximum absolute atomic E-state index is 12.6. The number of halogens is 1. The summed E-state index contributed by atoms with van der Waals surface area (Å²) < 4.78 is 17.2. The molecule has 1 aliphatic heterocycles. The summed E-state index contributed by atoms with van der Waals surface area (Å²) in [5, 5.41) is 0. The van der Waals surface area contributed by atoms with Gasteiger partial charge in [-0.3, -0.25) is 9.59 Å². The molecule has 2 aliphatic rings. The van der Waals surface area contributed by atoms with E-state index in [1.54, 1.807) is 37.5 Å². The lowest BCUT2D eigenvalue weighted by molar-refractivity contribution is -0.135. The zero-order valence-electron chi connectivity index (χ0n) is 14.0. The number of ketones is 1. The van der Waals surface area contributed by atoms with E-state index in [1.807, 2.05) is 12.1 Å². The van der Waals surface area contributed by atoms with Gasteiger partial charge in [0.1, 0.15) is 17.2 Å². The van der Waals surface area contributed by atoms with Gasteiger partial charge in [-0.2, -0.15) is 0 Å². The molecule has 5 nitrogen and oxygen atoms in total. The normalized spacial score (nSPS) is 17.0. The smallest absolute Gasteiger partial charge is 0.314 e. The zero-order chi connectivity index (χ0) is 18.3. The first-order valence-corrected chi connectivity index (χ1v) is 8.98. The molecule has 2 aromatic carbocycles. The summed E-state index contributed by atoms with van der Waals surface area (Å²) in [7, 11) is 1.57. The minimum Gasteiger partial charge on any atom is -0.496 e. The number of methoxy groups -OCH3 is 1. The molecule has 0 atom stereocenters. The highest BCUT2D eigenvalue weighted by Crippen LogP contribution is 2.37. The number of allylic oxidation sites excluding steroid dienone is 1. The molecule has 132 valence electrons. The van der Waals surface area contributed by atoms with E-state index in [4.69, 9.17) is 14.2 Å². The Morgan fingerprint density at radius 2 is 2.04 bits per heavy atom. The van der Waals surface area contributed by atoms with Crippen LogP contribution in [-0.2, 0) is 4.79 Å². The summed E-state index contributed by atoms with van der Waals surface area (Å²) >= 11 is 3.41. The lowest BCUT2D eigenvalue weighted by Crippen LogP contribution is -2.09. The van der Waals surface area contributed by atoms with Crippen molar-refractivity contribution in [2.45, 2.75) is 12.8 Å². The molecule has 0 aromatic heterocycles. The van der Waals surface area contributed by atoms with Crippen LogP contribution in [0, 0.1) is 5.92 Å². The number of esters is 1. The van der Waals surface area contributed by atoms with Crippen LogP contribution in [0.4, 0.5) is 0 Å². The number of carbonyl (C=O) groups excluding carboxylic acids is 2. The van der Waals surface area contributed by atoms with Crippen molar-refractivity contribution in [1.82, 2.24) is 0 Å². The fourth-order valence-electron chi connectivity index (χ4n) is 2.71. The van der Waals surface area contributed by atoms with E-state index in [-0.39, 0.29) is 23.4 Å². The summed E-state index contributed by atoms with van der Waals surface area (Å²) in [5.41, 5.74) is 1.16. The molecule has 0 N–H and O–H groups in total. The van der Waals surface area contributed by atoms with Gasteiger partial charge in [0, 0.05) is 16.1 Å². The number of carbonyl (C=O) groups is 2. The molecular formula is C20H15BrO5. The molecule has 1 saturated carbocycles. The van der Waals surface area contributed by atoms with Gasteiger partial charge in [0.25, 0.3) is 0 Å². The maximum Gasteiger partial charge on any atom is 0.314 e. The standard InChI is InChI=1S/C20H15BrO5/c1-24-16-7-4-13(21)8-12(16)9-18-19(22)15-6-5-14(10-17(15)26-18)25-20(23)11-2-3-11/h4-11H,2-3H2,1H3/b18-9+. The third kappa shape index (κ3) is 3.24. The first kappa shape index (κ1) is 16.8. The van der Waals surface area contributed by atoms with Crippen LogP contribution >= 0.6 is 15.9 Å². The monoisotopic (exact) mass is 414 g/mol. The molecule has 0 spiro atoms. The van der Waals surface area contributed by atoms with E-state index in [1.165, 1.54) is 0 Å². The number of Topliss-reactive ketones (excluding diaryl/α,β-unsaturated/α-hetero) is 1. The fourth-order valence-corrected chi connectivity index (χ4v) is 3.09. The molecule has 0 saturated heterocycles. The molecule has 0 unspecified atom stereocenters. The Labute approximate surface area is 158 Å². The van der Waals surface area contributed by atoms with E-state index < -0.39 is 0 Å². The lowest BCUT2D eigenvalue weighted by Gasteiger charge is -2.06. The van der Waals surface area contributed by atoms with Crippen molar-refractivity contribution in [2.75, 3.05) is 7.11 Å². The van der Waals surface area contributed by atoms with Crippen molar-refractivity contribution in [3.8, 4) is 17.2 Å². The Morgan fingerprint density at radius 1 is 1.23 bits per heavy atom. The van der Waals surface area contributed by atoms with Crippen LogP contribution in [0.15, 0.2) is 46.6 Å². The van der Waals surface area contributed by atoms with Crippen molar-refractivity contribution < 1.29 is 23.8 Å². The van der Waals surface area contributed by atoms with E-state index in [0.717, 1.165) is 22.9 Å². The topological polar surface area (TPSA) is 61.8 Å². The van der Waals surface area contributed by atoms with Gasteiger partial charge < -0.3 is 14.2 Å². The molecule has 1 heterocycles. The molecule has 26 heavy (non-hydrogen) atoms. The van der Waals surface area contributed by atoms with E-state index in [9.17, 15) is 9.59 Å². The highest BCUT2D eigenvalue weighted by molar-refractivity contribution is 9.10. The van der Waals surface area contributed by atoms with Crippen LogP contribution < -0.4 is 14.2 Å². The Balaban J connectivity index is 1.61. The van der Waals surface area contributed by atoms with Crippen molar-refractivity contribution in [2.24, 2.45) is 5.92 Å². The van der Waals surface area contributed by atoms with Crippen LogP contribution in [-0.4, -0.2) is 18.9 Å². The zero-order valence-corrected chi connectivity index (χ0v) is 15.5. The highest BCUT2D eigenvalue weighted by atomic mass is 79.9. The predicted octanol–water partition coefficient (Wildman–Crippen LogP) is 4.39. The van der Waals surface area contributed by atoms with Crippen molar-refractivity contribution in [3.63, 3.8) is 0 Å². The van der Waals surface area contributed by atoms with Crippen molar-refractivity contribution in [3.05, 3.63) is 57.8 Å².